The average Bonchev–Trinajstić information content (AvgIpc) is 3.06. The molecule has 0 saturated carbocycles. The van der Waals surface area contributed by atoms with Crippen molar-refractivity contribution in [3.8, 4) is 11.5 Å². The van der Waals surface area contributed by atoms with Crippen LogP contribution in [0.1, 0.15) is 24.1 Å². The lowest BCUT2D eigenvalue weighted by Gasteiger charge is -2.11. The summed E-state index contributed by atoms with van der Waals surface area (Å²) in [6, 6.07) is 13.6. The first kappa shape index (κ1) is 16.6. The van der Waals surface area contributed by atoms with Crippen molar-refractivity contribution >= 4 is 17.5 Å². The number of hydrogen-bond acceptors (Lipinski definition) is 3. The molecule has 0 fully saturated rings. The van der Waals surface area contributed by atoms with E-state index in [1.165, 1.54) is 0 Å². The van der Waals surface area contributed by atoms with Gasteiger partial charge in [-0.3, -0.25) is 4.79 Å². The molecule has 0 unspecified atom stereocenters. The Morgan fingerprint density at radius 3 is 2.75 bits per heavy atom. The fourth-order valence-corrected chi connectivity index (χ4v) is 2.64. The molecule has 0 spiro atoms. The highest BCUT2D eigenvalue weighted by molar-refractivity contribution is 6.30. The maximum Gasteiger partial charge on any atom is 0.275 e. The zero-order valence-corrected chi connectivity index (χ0v) is 14.2. The van der Waals surface area contributed by atoms with Gasteiger partial charge >= 0.3 is 0 Å². The number of benzene rings is 2. The summed E-state index contributed by atoms with van der Waals surface area (Å²) in [6.07, 6.45) is 0. The molecule has 3 N–H and O–H groups in total. The third kappa shape index (κ3) is 4.19. The van der Waals surface area contributed by atoms with Gasteiger partial charge in [-0.1, -0.05) is 29.8 Å². The molecule has 0 bridgehead atoms. The van der Waals surface area contributed by atoms with E-state index in [2.05, 4.69) is 12.2 Å². The van der Waals surface area contributed by atoms with Crippen LogP contribution in [0.2, 0.25) is 5.02 Å². The second-order valence-electron chi connectivity index (χ2n) is 5.74. The van der Waals surface area contributed by atoms with Crippen LogP contribution in [0, 0.1) is 0 Å². The Kier molecular flexibility index (Phi) is 5.23. The molecule has 2 aromatic rings. The van der Waals surface area contributed by atoms with E-state index in [1.807, 2.05) is 47.8 Å². The Balaban J connectivity index is 1.45. The lowest BCUT2D eigenvalue weighted by Crippen LogP contribution is -2.87. The van der Waals surface area contributed by atoms with Gasteiger partial charge in [0.1, 0.15) is 6.04 Å². The molecular formula is C18H20ClN2O3+. The molecule has 1 amide bonds. The number of rotatable bonds is 6. The van der Waals surface area contributed by atoms with E-state index in [1.54, 1.807) is 0 Å². The molecule has 1 aliphatic heterocycles. The Morgan fingerprint density at radius 1 is 1.21 bits per heavy atom. The van der Waals surface area contributed by atoms with E-state index < -0.39 is 0 Å². The van der Waals surface area contributed by atoms with E-state index in [9.17, 15) is 4.79 Å². The maximum absolute atomic E-state index is 12.0. The molecule has 6 heteroatoms. The number of carbonyl (C=O) groups excluding carboxylic acids is 1. The summed E-state index contributed by atoms with van der Waals surface area (Å²) < 4.78 is 10.6. The van der Waals surface area contributed by atoms with Crippen LogP contribution in [0.5, 0.6) is 11.5 Å². The predicted molar refractivity (Wildman–Crippen MR) is 91.1 cm³/mol. The number of nitrogens with one attached hydrogen (secondary N) is 1. The zero-order chi connectivity index (χ0) is 16.9. The number of ether oxygens (including phenoxy) is 2. The van der Waals surface area contributed by atoms with Crippen LogP contribution in [0.3, 0.4) is 0 Å². The number of carbonyl (C=O) groups is 1. The standard InChI is InChI=1S/C18H19ClN2O3/c1-12(14-3-5-15(19)6-4-14)20-10-18(22)21-9-13-2-7-16-17(8-13)24-11-23-16/h2-8,12,20H,9-11H2,1H3,(H,21,22)/p+1/t12-/m1/s1. The molecule has 3 rings (SSSR count). The van der Waals surface area contributed by atoms with Gasteiger partial charge in [0.15, 0.2) is 18.0 Å². The summed E-state index contributed by atoms with van der Waals surface area (Å²) in [5, 5.41) is 5.63. The highest BCUT2D eigenvalue weighted by Gasteiger charge is 2.14. The molecule has 1 aliphatic rings. The van der Waals surface area contributed by atoms with Crippen LogP contribution >= 0.6 is 11.6 Å². The summed E-state index contributed by atoms with van der Waals surface area (Å²) >= 11 is 5.89. The summed E-state index contributed by atoms with van der Waals surface area (Å²) in [5.41, 5.74) is 2.13. The Labute approximate surface area is 145 Å². The molecular weight excluding hydrogens is 328 g/mol. The number of halogens is 1. The minimum Gasteiger partial charge on any atom is -0.454 e. The first-order chi connectivity index (χ1) is 11.6. The smallest absolute Gasteiger partial charge is 0.275 e. The third-order valence-corrected chi connectivity index (χ3v) is 4.23. The van der Waals surface area contributed by atoms with Gasteiger partial charge in [-0.15, -0.1) is 0 Å². The largest absolute Gasteiger partial charge is 0.454 e. The first-order valence-corrected chi connectivity index (χ1v) is 8.23. The Morgan fingerprint density at radius 2 is 1.96 bits per heavy atom. The summed E-state index contributed by atoms with van der Waals surface area (Å²) in [5.74, 6) is 1.47. The van der Waals surface area contributed by atoms with Gasteiger partial charge in [-0.25, -0.2) is 0 Å². The minimum absolute atomic E-state index is 0.00604. The van der Waals surface area contributed by atoms with Gasteiger partial charge in [-0.2, -0.15) is 0 Å². The van der Waals surface area contributed by atoms with Crippen molar-refractivity contribution in [2.45, 2.75) is 19.5 Å². The Bertz CT molecular complexity index is 719. The topological polar surface area (TPSA) is 64.2 Å². The third-order valence-electron chi connectivity index (χ3n) is 3.98. The van der Waals surface area contributed by atoms with Crippen LogP contribution < -0.4 is 20.1 Å². The van der Waals surface area contributed by atoms with Crippen molar-refractivity contribution in [1.29, 1.82) is 0 Å². The average molecular weight is 348 g/mol. The first-order valence-electron chi connectivity index (χ1n) is 7.86. The van der Waals surface area contributed by atoms with E-state index in [0.717, 1.165) is 22.6 Å². The van der Waals surface area contributed by atoms with Gasteiger partial charge in [0, 0.05) is 17.1 Å². The molecule has 24 heavy (non-hydrogen) atoms. The van der Waals surface area contributed by atoms with Gasteiger partial charge in [0.25, 0.3) is 5.91 Å². The van der Waals surface area contributed by atoms with Crippen molar-refractivity contribution < 1.29 is 19.6 Å². The molecule has 0 aromatic heterocycles. The van der Waals surface area contributed by atoms with E-state index in [4.69, 9.17) is 21.1 Å². The lowest BCUT2D eigenvalue weighted by atomic mass is 10.1. The van der Waals surface area contributed by atoms with Gasteiger partial charge in [0.2, 0.25) is 6.79 Å². The van der Waals surface area contributed by atoms with Gasteiger partial charge < -0.3 is 20.1 Å². The molecule has 0 radical (unpaired) electrons. The highest BCUT2D eigenvalue weighted by atomic mass is 35.5. The second-order valence-corrected chi connectivity index (χ2v) is 6.18. The monoisotopic (exact) mass is 347 g/mol. The van der Waals surface area contributed by atoms with Crippen molar-refractivity contribution in [3.05, 3.63) is 58.6 Å². The number of nitrogens with two attached hydrogens (primary N) is 1. The summed E-state index contributed by atoms with van der Waals surface area (Å²) in [7, 11) is 0. The van der Waals surface area contributed by atoms with Crippen molar-refractivity contribution in [1.82, 2.24) is 5.32 Å². The van der Waals surface area contributed by atoms with E-state index in [0.29, 0.717) is 18.1 Å². The predicted octanol–water partition coefficient (Wildman–Crippen LogP) is 2.01. The maximum atomic E-state index is 12.0. The number of fused-ring (bicyclic) bond motifs is 1. The van der Waals surface area contributed by atoms with Crippen LogP contribution in [0.25, 0.3) is 0 Å². The fraction of sp³-hybridized carbons (Fsp3) is 0.278. The summed E-state index contributed by atoms with van der Waals surface area (Å²) in [6.45, 7) is 3.16. The van der Waals surface area contributed by atoms with Crippen LogP contribution in [-0.4, -0.2) is 19.2 Å². The molecule has 1 heterocycles. The minimum atomic E-state index is -0.00604. The number of quaternary nitrogens is 1. The van der Waals surface area contributed by atoms with Gasteiger partial charge in [-0.05, 0) is 36.8 Å². The number of amides is 1. The van der Waals surface area contributed by atoms with Crippen LogP contribution in [0.4, 0.5) is 0 Å². The van der Waals surface area contributed by atoms with Crippen molar-refractivity contribution in [3.63, 3.8) is 0 Å². The van der Waals surface area contributed by atoms with Crippen LogP contribution in [0.15, 0.2) is 42.5 Å². The van der Waals surface area contributed by atoms with Crippen molar-refractivity contribution in [2.75, 3.05) is 13.3 Å². The quantitative estimate of drug-likeness (QED) is 0.840. The normalized spacial score (nSPS) is 13.6. The number of hydrogen-bond donors (Lipinski definition) is 2. The Hall–Kier alpha value is -2.24. The van der Waals surface area contributed by atoms with Crippen LogP contribution in [-0.2, 0) is 11.3 Å². The fourth-order valence-electron chi connectivity index (χ4n) is 2.51. The molecule has 126 valence electrons. The van der Waals surface area contributed by atoms with E-state index >= 15 is 0 Å². The highest BCUT2D eigenvalue weighted by Crippen LogP contribution is 2.32. The van der Waals surface area contributed by atoms with Gasteiger partial charge in [0.05, 0.1) is 0 Å². The second kappa shape index (κ2) is 7.55. The molecule has 5 nitrogen and oxygen atoms in total. The SMILES string of the molecule is C[C@@H]([NH2+]CC(=O)NCc1ccc2c(c1)OCO2)c1ccc(Cl)cc1. The molecule has 2 aromatic carbocycles. The zero-order valence-electron chi connectivity index (χ0n) is 13.4. The molecule has 0 aliphatic carbocycles. The summed E-state index contributed by atoms with van der Waals surface area (Å²) in [4.78, 5) is 12.0. The van der Waals surface area contributed by atoms with E-state index in [-0.39, 0.29) is 18.7 Å². The molecule has 0 saturated heterocycles. The van der Waals surface area contributed by atoms with Crippen molar-refractivity contribution in [2.24, 2.45) is 0 Å². The lowest BCUT2D eigenvalue weighted by molar-refractivity contribution is -0.682. The molecule has 1 atom stereocenters.